The van der Waals surface area contributed by atoms with Crippen LogP contribution in [0, 0.1) is 0 Å². The fourth-order valence-corrected chi connectivity index (χ4v) is 4.38. The summed E-state index contributed by atoms with van der Waals surface area (Å²) in [6, 6.07) is 17.8. The molecule has 2 aromatic carbocycles. The number of halogens is 1. The van der Waals surface area contributed by atoms with Crippen LogP contribution in [0.1, 0.15) is 0 Å². The fourth-order valence-electron chi connectivity index (χ4n) is 3.38. The Balaban J connectivity index is 1.31. The Hall–Kier alpha value is -2.51. The minimum absolute atomic E-state index is 0.130. The molecule has 3 aromatic rings. The summed E-state index contributed by atoms with van der Waals surface area (Å²) in [4.78, 5) is 16.8. The molecule has 0 bridgehead atoms. The first-order chi connectivity index (χ1) is 14.1. The summed E-state index contributed by atoms with van der Waals surface area (Å²) in [5.74, 6) is 1.29. The molecule has 1 aromatic heterocycles. The zero-order chi connectivity index (χ0) is 20.2. The minimum Gasteiger partial charge on any atom is -0.368 e. The maximum atomic E-state index is 12.7. The van der Waals surface area contributed by atoms with Gasteiger partial charge >= 0.3 is 0 Å². The summed E-state index contributed by atoms with van der Waals surface area (Å²) in [5, 5.41) is 10.0. The monoisotopic (exact) mass is 427 g/mol. The Morgan fingerprint density at radius 1 is 1.03 bits per heavy atom. The van der Waals surface area contributed by atoms with Crippen molar-refractivity contribution in [3.63, 3.8) is 0 Å². The first-order valence-electron chi connectivity index (χ1n) is 9.48. The lowest BCUT2D eigenvalue weighted by Crippen LogP contribution is -2.49. The highest BCUT2D eigenvalue weighted by Gasteiger charge is 2.22. The van der Waals surface area contributed by atoms with Gasteiger partial charge in [0, 0.05) is 49.5 Å². The number of hydrogen-bond acceptors (Lipinski definition) is 5. The number of thioether (sulfide) groups is 1. The SMILES string of the molecule is Cn1c(SCC(=O)N2CCN(c3cccc(Cl)c3)CC2)nnc1-c1ccccc1. The summed E-state index contributed by atoms with van der Waals surface area (Å²) >= 11 is 7.52. The van der Waals surface area contributed by atoms with E-state index in [0.717, 1.165) is 40.3 Å². The molecule has 29 heavy (non-hydrogen) atoms. The Labute approximate surface area is 179 Å². The number of anilines is 1. The van der Waals surface area contributed by atoms with Gasteiger partial charge in [0.25, 0.3) is 0 Å². The summed E-state index contributed by atoms with van der Waals surface area (Å²) < 4.78 is 1.93. The molecule has 2 heterocycles. The summed E-state index contributed by atoms with van der Waals surface area (Å²) in [7, 11) is 1.93. The average Bonchev–Trinajstić information content (AvgIpc) is 3.13. The molecule has 1 aliphatic rings. The maximum Gasteiger partial charge on any atom is 0.233 e. The van der Waals surface area contributed by atoms with E-state index in [0.29, 0.717) is 18.8 Å². The van der Waals surface area contributed by atoms with Crippen LogP contribution in [0.15, 0.2) is 59.8 Å². The number of carbonyl (C=O) groups excluding carboxylic acids is 1. The first-order valence-corrected chi connectivity index (χ1v) is 10.8. The molecule has 0 aliphatic carbocycles. The third-order valence-corrected chi connectivity index (χ3v) is 6.24. The maximum absolute atomic E-state index is 12.7. The molecule has 8 heteroatoms. The van der Waals surface area contributed by atoms with Gasteiger partial charge in [-0.05, 0) is 18.2 Å². The van der Waals surface area contributed by atoms with Crippen LogP contribution in [0.4, 0.5) is 5.69 Å². The molecule has 4 rings (SSSR count). The quantitative estimate of drug-likeness (QED) is 0.582. The van der Waals surface area contributed by atoms with Crippen molar-refractivity contribution in [3.05, 3.63) is 59.6 Å². The van der Waals surface area contributed by atoms with E-state index < -0.39 is 0 Å². The number of rotatable bonds is 5. The predicted molar refractivity (Wildman–Crippen MR) is 117 cm³/mol. The molecule has 1 amide bonds. The van der Waals surface area contributed by atoms with Crippen LogP contribution in [0.3, 0.4) is 0 Å². The van der Waals surface area contributed by atoms with Crippen molar-refractivity contribution in [2.75, 3.05) is 36.8 Å². The third kappa shape index (κ3) is 4.57. The highest BCUT2D eigenvalue weighted by atomic mass is 35.5. The van der Waals surface area contributed by atoms with Crippen molar-refractivity contribution in [2.45, 2.75) is 5.16 Å². The molecule has 1 saturated heterocycles. The van der Waals surface area contributed by atoms with E-state index in [2.05, 4.69) is 21.2 Å². The van der Waals surface area contributed by atoms with Crippen molar-refractivity contribution >= 4 is 35.0 Å². The van der Waals surface area contributed by atoms with Crippen LogP contribution in [0.25, 0.3) is 11.4 Å². The van der Waals surface area contributed by atoms with E-state index >= 15 is 0 Å². The first kappa shape index (κ1) is 19.8. The largest absolute Gasteiger partial charge is 0.368 e. The highest BCUT2D eigenvalue weighted by Crippen LogP contribution is 2.24. The van der Waals surface area contributed by atoms with Crippen LogP contribution < -0.4 is 4.90 Å². The van der Waals surface area contributed by atoms with Crippen molar-refractivity contribution in [3.8, 4) is 11.4 Å². The molecule has 0 spiro atoms. The van der Waals surface area contributed by atoms with Gasteiger partial charge in [0.1, 0.15) is 0 Å². The molecule has 150 valence electrons. The van der Waals surface area contributed by atoms with E-state index in [-0.39, 0.29) is 5.91 Å². The molecule has 6 nitrogen and oxygen atoms in total. The van der Waals surface area contributed by atoms with E-state index in [4.69, 9.17) is 11.6 Å². The van der Waals surface area contributed by atoms with Gasteiger partial charge in [-0.25, -0.2) is 0 Å². The molecule has 0 saturated carbocycles. The molecular weight excluding hydrogens is 406 g/mol. The Morgan fingerprint density at radius 3 is 2.52 bits per heavy atom. The van der Waals surface area contributed by atoms with Crippen LogP contribution in [0.5, 0.6) is 0 Å². The van der Waals surface area contributed by atoms with Crippen LogP contribution in [-0.4, -0.2) is 57.5 Å². The second-order valence-corrected chi connectivity index (χ2v) is 8.25. The van der Waals surface area contributed by atoms with Gasteiger partial charge in [-0.3, -0.25) is 4.79 Å². The Morgan fingerprint density at radius 2 is 1.79 bits per heavy atom. The zero-order valence-electron chi connectivity index (χ0n) is 16.2. The lowest BCUT2D eigenvalue weighted by Gasteiger charge is -2.36. The van der Waals surface area contributed by atoms with E-state index in [1.54, 1.807) is 0 Å². The molecule has 0 atom stereocenters. The topological polar surface area (TPSA) is 54.3 Å². The fraction of sp³-hybridized carbons (Fsp3) is 0.286. The number of piperazine rings is 1. The number of aromatic nitrogens is 3. The number of amides is 1. The molecule has 1 fully saturated rings. The van der Waals surface area contributed by atoms with E-state index in [1.165, 1.54) is 11.8 Å². The molecular formula is C21H22ClN5OS. The number of carbonyl (C=O) groups is 1. The summed E-state index contributed by atoms with van der Waals surface area (Å²) in [6.07, 6.45) is 0. The van der Waals surface area contributed by atoms with Crippen LogP contribution in [-0.2, 0) is 11.8 Å². The van der Waals surface area contributed by atoms with Crippen molar-refractivity contribution < 1.29 is 4.79 Å². The van der Waals surface area contributed by atoms with Crippen molar-refractivity contribution in [2.24, 2.45) is 7.05 Å². The van der Waals surface area contributed by atoms with Gasteiger partial charge in [0.2, 0.25) is 5.91 Å². The Kier molecular flexibility index (Phi) is 6.06. The second-order valence-electron chi connectivity index (χ2n) is 6.87. The van der Waals surface area contributed by atoms with Crippen molar-refractivity contribution in [1.29, 1.82) is 0 Å². The lowest BCUT2D eigenvalue weighted by atomic mass is 10.2. The van der Waals surface area contributed by atoms with Gasteiger partial charge in [0.15, 0.2) is 11.0 Å². The normalized spacial score (nSPS) is 14.3. The smallest absolute Gasteiger partial charge is 0.233 e. The average molecular weight is 428 g/mol. The van der Waals surface area contributed by atoms with Gasteiger partial charge in [-0.1, -0.05) is 59.8 Å². The predicted octanol–water partition coefficient (Wildman–Crippen LogP) is 3.58. The lowest BCUT2D eigenvalue weighted by molar-refractivity contribution is -0.128. The minimum atomic E-state index is 0.130. The molecule has 1 aliphatic heterocycles. The van der Waals surface area contributed by atoms with Gasteiger partial charge in [0.05, 0.1) is 5.75 Å². The van der Waals surface area contributed by atoms with Gasteiger partial charge < -0.3 is 14.4 Å². The van der Waals surface area contributed by atoms with Crippen LogP contribution in [0.2, 0.25) is 5.02 Å². The molecule has 0 unspecified atom stereocenters. The standard InChI is InChI=1S/C21H22ClN5OS/c1-25-20(16-6-3-2-4-7-16)23-24-21(25)29-15-19(28)27-12-10-26(11-13-27)18-9-5-8-17(22)14-18/h2-9,14H,10-13,15H2,1H3. The van der Waals surface area contributed by atoms with Crippen LogP contribution >= 0.6 is 23.4 Å². The third-order valence-electron chi connectivity index (χ3n) is 5.00. The highest BCUT2D eigenvalue weighted by molar-refractivity contribution is 7.99. The summed E-state index contributed by atoms with van der Waals surface area (Å²) in [6.45, 7) is 3.03. The zero-order valence-corrected chi connectivity index (χ0v) is 17.7. The van der Waals surface area contributed by atoms with E-state index in [1.807, 2.05) is 65.0 Å². The Bertz CT molecular complexity index is 986. The molecule has 0 radical (unpaired) electrons. The summed E-state index contributed by atoms with van der Waals surface area (Å²) in [5.41, 5.74) is 2.12. The van der Waals surface area contributed by atoms with E-state index in [9.17, 15) is 4.79 Å². The number of benzene rings is 2. The van der Waals surface area contributed by atoms with Crippen molar-refractivity contribution in [1.82, 2.24) is 19.7 Å². The number of nitrogens with zero attached hydrogens (tertiary/aromatic N) is 5. The number of hydrogen-bond donors (Lipinski definition) is 0. The molecule has 0 N–H and O–H groups in total. The van der Waals surface area contributed by atoms with Gasteiger partial charge in [-0.2, -0.15) is 0 Å². The second kappa shape index (κ2) is 8.88. The van der Waals surface area contributed by atoms with Gasteiger partial charge in [-0.15, -0.1) is 10.2 Å².